The van der Waals surface area contributed by atoms with Gasteiger partial charge in [-0.15, -0.1) is 0 Å². The summed E-state index contributed by atoms with van der Waals surface area (Å²) in [5, 5.41) is 10.0. The summed E-state index contributed by atoms with van der Waals surface area (Å²) in [5.41, 5.74) is 3.19. The van der Waals surface area contributed by atoms with Crippen LogP contribution in [0.2, 0.25) is 0 Å². The Labute approximate surface area is 202 Å². The number of aliphatic hydroxyl groups is 1. The largest absolute Gasteiger partial charge is 0.392 e. The zero-order valence-corrected chi connectivity index (χ0v) is 21.0. The lowest BCUT2D eigenvalue weighted by molar-refractivity contribution is 0.166. The average molecular weight is 449 g/mol. The second-order valence-corrected chi connectivity index (χ2v) is 9.23. The smallest absolute Gasteiger partial charge is 0.159 e. The van der Waals surface area contributed by atoms with E-state index in [1.807, 2.05) is 36.7 Å². The van der Waals surface area contributed by atoms with Gasteiger partial charge in [-0.3, -0.25) is 0 Å². The minimum atomic E-state index is -0.314. The van der Waals surface area contributed by atoms with Gasteiger partial charge in [-0.1, -0.05) is 96.3 Å². The minimum absolute atomic E-state index is 0.314. The molecule has 3 nitrogen and oxygen atoms in total. The molecule has 0 aliphatic rings. The van der Waals surface area contributed by atoms with E-state index in [-0.39, 0.29) is 6.10 Å². The lowest BCUT2D eigenvalue weighted by atomic mass is 10.1. The molecule has 0 amide bonds. The van der Waals surface area contributed by atoms with Gasteiger partial charge in [0, 0.05) is 29.9 Å². The summed E-state index contributed by atoms with van der Waals surface area (Å²) in [5.74, 6) is 7.04. The third-order valence-electron chi connectivity index (χ3n) is 6.13. The highest BCUT2D eigenvalue weighted by molar-refractivity contribution is 5.56. The number of benzene rings is 1. The fraction of sp³-hybridized carbons (Fsp3) is 0.600. The first-order valence-electron chi connectivity index (χ1n) is 13.3. The number of hydrogen-bond acceptors (Lipinski definition) is 3. The van der Waals surface area contributed by atoms with Gasteiger partial charge < -0.3 is 5.11 Å². The van der Waals surface area contributed by atoms with Crippen molar-refractivity contribution in [1.82, 2.24) is 9.97 Å². The van der Waals surface area contributed by atoms with E-state index in [4.69, 9.17) is 0 Å². The van der Waals surface area contributed by atoms with Gasteiger partial charge >= 0.3 is 0 Å². The second-order valence-electron chi connectivity index (χ2n) is 9.23. The molecule has 1 heterocycles. The molecule has 3 heteroatoms. The first-order valence-corrected chi connectivity index (χ1v) is 13.3. The van der Waals surface area contributed by atoms with E-state index in [9.17, 15) is 5.11 Å². The second kappa shape index (κ2) is 17.3. The van der Waals surface area contributed by atoms with Crippen LogP contribution in [0.5, 0.6) is 0 Å². The molecule has 1 aromatic carbocycles. The lowest BCUT2D eigenvalue weighted by Crippen LogP contribution is -2.04. The van der Waals surface area contributed by atoms with Gasteiger partial charge in [-0.25, -0.2) is 9.97 Å². The molecule has 1 aromatic heterocycles. The van der Waals surface area contributed by atoms with Crippen LogP contribution in [0.3, 0.4) is 0 Å². The van der Waals surface area contributed by atoms with Crippen LogP contribution in [0, 0.1) is 11.8 Å². The molecular weight excluding hydrogens is 404 g/mol. The molecule has 1 N–H and O–H groups in total. The van der Waals surface area contributed by atoms with Crippen molar-refractivity contribution in [2.24, 2.45) is 0 Å². The number of aryl methyl sites for hydroxylation is 1. The SMILES string of the molecule is CCCCCCCCCCc1cnc(-c2ccc(C#CC[C@H](O)CCCCCC)cc2)nc1. The Kier molecular flexibility index (Phi) is 14.2. The van der Waals surface area contributed by atoms with Crippen molar-refractivity contribution < 1.29 is 5.11 Å². The van der Waals surface area contributed by atoms with E-state index < -0.39 is 0 Å². The standard InChI is InChI=1S/C30H44N2O/c1-3-5-7-9-10-11-12-13-16-27-24-31-30(32-25-27)28-22-20-26(21-23-28)17-15-19-29(33)18-14-8-6-4-2/h20-25,29,33H,3-14,16,18-19H2,1-2H3/t29-/m1/s1. The maximum atomic E-state index is 10.0. The van der Waals surface area contributed by atoms with Crippen LogP contribution >= 0.6 is 0 Å². The molecule has 33 heavy (non-hydrogen) atoms. The molecule has 0 saturated heterocycles. The number of hydrogen-bond donors (Lipinski definition) is 1. The molecule has 2 aromatic rings. The first-order chi connectivity index (χ1) is 16.2. The highest BCUT2D eigenvalue weighted by Gasteiger charge is 2.03. The average Bonchev–Trinajstić information content (AvgIpc) is 2.84. The van der Waals surface area contributed by atoms with Gasteiger partial charge in [0.2, 0.25) is 0 Å². The van der Waals surface area contributed by atoms with E-state index >= 15 is 0 Å². The quantitative estimate of drug-likeness (QED) is 0.210. The Morgan fingerprint density at radius 3 is 1.97 bits per heavy atom. The monoisotopic (exact) mass is 448 g/mol. The topological polar surface area (TPSA) is 46.0 Å². The van der Waals surface area contributed by atoms with Crippen molar-refractivity contribution >= 4 is 0 Å². The zero-order valence-electron chi connectivity index (χ0n) is 21.0. The summed E-state index contributed by atoms with van der Waals surface area (Å²) in [4.78, 5) is 9.15. The van der Waals surface area contributed by atoms with Crippen molar-refractivity contribution in [3.63, 3.8) is 0 Å². The van der Waals surface area contributed by atoms with Gasteiger partial charge in [-0.05, 0) is 49.1 Å². The molecule has 0 spiro atoms. The maximum absolute atomic E-state index is 10.0. The van der Waals surface area contributed by atoms with Gasteiger partial charge in [0.1, 0.15) is 0 Å². The molecule has 0 aliphatic heterocycles. The summed E-state index contributed by atoms with van der Waals surface area (Å²) in [6.07, 6.45) is 21.5. The van der Waals surface area contributed by atoms with Gasteiger partial charge in [0.15, 0.2) is 5.82 Å². The van der Waals surface area contributed by atoms with Crippen LogP contribution in [-0.4, -0.2) is 21.2 Å². The Morgan fingerprint density at radius 1 is 0.758 bits per heavy atom. The summed E-state index contributed by atoms with van der Waals surface area (Å²) < 4.78 is 0. The first kappa shape index (κ1) is 27.1. The highest BCUT2D eigenvalue weighted by atomic mass is 16.3. The summed E-state index contributed by atoms with van der Waals surface area (Å²) in [7, 11) is 0. The summed E-state index contributed by atoms with van der Waals surface area (Å²) in [6, 6.07) is 8.07. The molecule has 0 bridgehead atoms. The number of rotatable bonds is 16. The Balaban J connectivity index is 1.70. The van der Waals surface area contributed by atoms with Crippen LogP contribution in [0.25, 0.3) is 11.4 Å². The van der Waals surface area contributed by atoms with Crippen molar-refractivity contribution in [3.8, 4) is 23.2 Å². The summed E-state index contributed by atoms with van der Waals surface area (Å²) in [6.45, 7) is 4.47. The predicted octanol–water partition coefficient (Wildman–Crippen LogP) is 7.90. The van der Waals surface area contributed by atoms with Crippen molar-refractivity contribution in [1.29, 1.82) is 0 Å². The predicted molar refractivity (Wildman–Crippen MR) is 140 cm³/mol. The van der Waals surface area contributed by atoms with Crippen LogP contribution in [0.15, 0.2) is 36.7 Å². The molecular formula is C30H44N2O. The molecule has 0 aliphatic carbocycles. The molecule has 1 atom stereocenters. The van der Waals surface area contributed by atoms with Crippen LogP contribution < -0.4 is 0 Å². The lowest BCUT2D eigenvalue weighted by Gasteiger charge is -2.05. The maximum Gasteiger partial charge on any atom is 0.159 e. The number of unbranched alkanes of at least 4 members (excludes halogenated alkanes) is 10. The number of aliphatic hydroxyl groups excluding tert-OH is 1. The number of aromatic nitrogens is 2. The van der Waals surface area contributed by atoms with E-state index in [2.05, 4.69) is 35.7 Å². The van der Waals surface area contributed by atoms with Gasteiger partial charge in [0.05, 0.1) is 6.10 Å². The zero-order chi connectivity index (χ0) is 23.6. The summed E-state index contributed by atoms with van der Waals surface area (Å²) >= 11 is 0. The van der Waals surface area contributed by atoms with E-state index in [1.165, 1.54) is 76.2 Å². The number of nitrogens with zero attached hydrogens (tertiary/aromatic N) is 2. The molecule has 0 radical (unpaired) electrons. The Bertz CT molecular complexity index is 802. The highest BCUT2D eigenvalue weighted by Crippen LogP contribution is 2.16. The van der Waals surface area contributed by atoms with Crippen molar-refractivity contribution in [3.05, 3.63) is 47.8 Å². The van der Waals surface area contributed by atoms with E-state index in [1.54, 1.807) is 0 Å². The fourth-order valence-corrected chi connectivity index (χ4v) is 3.98. The molecule has 2 rings (SSSR count). The van der Waals surface area contributed by atoms with Gasteiger partial charge in [-0.2, -0.15) is 0 Å². The molecule has 180 valence electrons. The molecule has 0 unspecified atom stereocenters. The molecule has 0 fully saturated rings. The normalized spacial score (nSPS) is 11.7. The van der Waals surface area contributed by atoms with Crippen LogP contribution in [0.4, 0.5) is 0 Å². The van der Waals surface area contributed by atoms with Gasteiger partial charge in [0.25, 0.3) is 0 Å². The van der Waals surface area contributed by atoms with E-state index in [0.717, 1.165) is 36.2 Å². The van der Waals surface area contributed by atoms with E-state index in [0.29, 0.717) is 6.42 Å². The fourth-order valence-electron chi connectivity index (χ4n) is 3.98. The third kappa shape index (κ3) is 12.0. The van der Waals surface area contributed by atoms with Crippen molar-refractivity contribution in [2.75, 3.05) is 0 Å². The minimum Gasteiger partial charge on any atom is -0.392 e. The van der Waals surface area contributed by atoms with Crippen LogP contribution in [-0.2, 0) is 6.42 Å². The Morgan fingerprint density at radius 2 is 1.33 bits per heavy atom. The van der Waals surface area contributed by atoms with Crippen LogP contribution in [0.1, 0.15) is 115 Å². The molecule has 0 saturated carbocycles. The third-order valence-corrected chi connectivity index (χ3v) is 6.13. The van der Waals surface area contributed by atoms with Crippen molar-refractivity contribution in [2.45, 2.75) is 116 Å². The Hall–Kier alpha value is -2.18.